The van der Waals surface area contributed by atoms with Crippen molar-refractivity contribution >= 4 is 34.0 Å². The SMILES string of the molecule is CNc1cncc(-c2ccc3[nH]nc(C(=O)Nc4ccc(N5CCC(O)CC5)nc4)c3c2)c1. The first-order valence-electron chi connectivity index (χ1n) is 10.9. The number of aromatic amines is 1. The highest BCUT2D eigenvalue weighted by molar-refractivity contribution is 6.11. The molecule has 3 aromatic heterocycles. The van der Waals surface area contributed by atoms with Crippen molar-refractivity contribution in [2.24, 2.45) is 0 Å². The van der Waals surface area contributed by atoms with Crippen LogP contribution in [-0.4, -0.2) is 57.4 Å². The van der Waals surface area contributed by atoms with Crippen LogP contribution in [0.1, 0.15) is 23.3 Å². The Balaban J connectivity index is 1.35. The van der Waals surface area contributed by atoms with E-state index >= 15 is 0 Å². The van der Waals surface area contributed by atoms with Crippen molar-refractivity contribution in [3.63, 3.8) is 0 Å². The number of rotatable bonds is 5. The van der Waals surface area contributed by atoms with E-state index in [0.29, 0.717) is 11.4 Å². The second kappa shape index (κ2) is 8.87. The van der Waals surface area contributed by atoms with Crippen LogP contribution in [0.3, 0.4) is 0 Å². The van der Waals surface area contributed by atoms with Gasteiger partial charge in [-0.3, -0.25) is 14.9 Å². The number of benzene rings is 1. The van der Waals surface area contributed by atoms with Gasteiger partial charge in [-0.05, 0) is 48.7 Å². The van der Waals surface area contributed by atoms with Crippen LogP contribution in [0.25, 0.3) is 22.0 Å². The lowest BCUT2D eigenvalue weighted by atomic mass is 10.0. The molecule has 0 spiro atoms. The summed E-state index contributed by atoms with van der Waals surface area (Å²) in [5.41, 5.74) is 4.50. The van der Waals surface area contributed by atoms with Crippen LogP contribution in [-0.2, 0) is 0 Å². The van der Waals surface area contributed by atoms with E-state index in [1.54, 1.807) is 18.6 Å². The van der Waals surface area contributed by atoms with Crippen molar-refractivity contribution in [1.82, 2.24) is 20.2 Å². The van der Waals surface area contributed by atoms with Crippen molar-refractivity contribution in [2.45, 2.75) is 18.9 Å². The van der Waals surface area contributed by atoms with Gasteiger partial charge in [-0.1, -0.05) is 6.07 Å². The summed E-state index contributed by atoms with van der Waals surface area (Å²) in [5, 5.41) is 23.6. The monoisotopic (exact) mass is 443 g/mol. The first-order chi connectivity index (χ1) is 16.1. The van der Waals surface area contributed by atoms with Crippen LogP contribution in [0.15, 0.2) is 55.0 Å². The van der Waals surface area contributed by atoms with E-state index in [1.165, 1.54) is 0 Å². The van der Waals surface area contributed by atoms with E-state index < -0.39 is 0 Å². The molecule has 5 rings (SSSR count). The number of aliphatic hydroxyl groups excluding tert-OH is 1. The molecule has 1 aliphatic heterocycles. The highest BCUT2D eigenvalue weighted by Gasteiger charge is 2.19. The molecule has 4 N–H and O–H groups in total. The predicted octanol–water partition coefficient (Wildman–Crippen LogP) is 3.28. The van der Waals surface area contributed by atoms with Gasteiger partial charge >= 0.3 is 0 Å². The zero-order chi connectivity index (χ0) is 22.8. The number of aliphatic hydroxyl groups is 1. The summed E-state index contributed by atoms with van der Waals surface area (Å²) in [5.74, 6) is 0.531. The van der Waals surface area contributed by atoms with Gasteiger partial charge in [0.2, 0.25) is 0 Å². The molecule has 4 aromatic rings. The maximum absolute atomic E-state index is 13.0. The molecule has 9 heteroatoms. The first kappa shape index (κ1) is 20.9. The summed E-state index contributed by atoms with van der Waals surface area (Å²) in [7, 11) is 1.85. The van der Waals surface area contributed by atoms with Crippen molar-refractivity contribution in [3.05, 3.63) is 60.7 Å². The number of amides is 1. The van der Waals surface area contributed by atoms with Crippen molar-refractivity contribution in [3.8, 4) is 11.1 Å². The zero-order valence-electron chi connectivity index (χ0n) is 18.2. The molecule has 4 heterocycles. The predicted molar refractivity (Wildman–Crippen MR) is 129 cm³/mol. The molecule has 1 saturated heterocycles. The highest BCUT2D eigenvalue weighted by atomic mass is 16.3. The molecule has 0 radical (unpaired) electrons. The molecule has 168 valence electrons. The summed E-state index contributed by atoms with van der Waals surface area (Å²) in [6.07, 6.45) is 6.44. The van der Waals surface area contributed by atoms with Crippen LogP contribution in [0.2, 0.25) is 0 Å². The summed E-state index contributed by atoms with van der Waals surface area (Å²) >= 11 is 0. The van der Waals surface area contributed by atoms with Gasteiger partial charge in [0.15, 0.2) is 5.69 Å². The number of aromatic nitrogens is 4. The minimum atomic E-state index is -0.309. The molecule has 1 aromatic carbocycles. The lowest BCUT2D eigenvalue weighted by Crippen LogP contribution is -2.36. The number of carbonyl (C=O) groups excluding carboxylic acids is 1. The Morgan fingerprint density at radius 2 is 1.91 bits per heavy atom. The van der Waals surface area contributed by atoms with Gasteiger partial charge in [-0.15, -0.1) is 0 Å². The second-order valence-electron chi connectivity index (χ2n) is 8.12. The highest BCUT2D eigenvalue weighted by Crippen LogP contribution is 2.27. The number of fused-ring (bicyclic) bond motifs is 1. The van der Waals surface area contributed by atoms with Crippen molar-refractivity contribution < 1.29 is 9.90 Å². The van der Waals surface area contributed by atoms with Crippen LogP contribution in [0.5, 0.6) is 0 Å². The average Bonchev–Trinajstić information content (AvgIpc) is 3.28. The van der Waals surface area contributed by atoms with E-state index in [-0.39, 0.29) is 12.0 Å². The number of carbonyl (C=O) groups is 1. The van der Waals surface area contributed by atoms with Gasteiger partial charge in [-0.25, -0.2) is 4.98 Å². The Morgan fingerprint density at radius 1 is 1.06 bits per heavy atom. The quantitative estimate of drug-likeness (QED) is 0.374. The largest absolute Gasteiger partial charge is 0.393 e. The maximum atomic E-state index is 13.0. The first-order valence-corrected chi connectivity index (χ1v) is 10.9. The number of hydrogen-bond acceptors (Lipinski definition) is 7. The van der Waals surface area contributed by atoms with E-state index in [2.05, 4.69) is 35.7 Å². The van der Waals surface area contributed by atoms with Gasteiger partial charge in [-0.2, -0.15) is 5.10 Å². The molecule has 1 fully saturated rings. The molecule has 1 amide bonds. The smallest absolute Gasteiger partial charge is 0.276 e. The molecule has 0 bridgehead atoms. The lowest BCUT2D eigenvalue weighted by Gasteiger charge is -2.30. The third-order valence-corrected chi connectivity index (χ3v) is 5.93. The van der Waals surface area contributed by atoms with E-state index in [4.69, 9.17) is 0 Å². The molecule has 1 aliphatic rings. The Hall–Kier alpha value is -3.98. The van der Waals surface area contributed by atoms with Crippen LogP contribution in [0, 0.1) is 0 Å². The van der Waals surface area contributed by atoms with E-state index in [9.17, 15) is 9.90 Å². The normalized spacial score (nSPS) is 14.4. The van der Waals surface area contributed by atoms with Crippen LogP contribution in [0.4, 0.5) is 17.2 Å². The minimum Gasteiger partial charge on any atom is -0.393 e. The summed E-state index contributed by atoms with van der Waals surface area (Å²) in [4.78, 5) is 23.9. The Morgan fingerprint density at radius 3 is 2.67 bits per heavy atom. The number of piperidine rings is 1. The molecular weight excluding hydrogens is 418 g/mol. The van der Waals surface area contributed by atoms with Gasteiger partial charge < -0.3 is 20.6 Å². The summed E-state index contributed by atoms with van der Waals surface area (Å²) in [6, 6.07) is 11.5. The number of hydrogen-bond donors (Lipinski definition) is 4. The van der Waals surface area contributed by atoms with E-state index in [0.717, 1.165) is 59.5 Å². The van der Waals surface area contributed by atoms with Gasteiger partial charge in [0.1, 0.15) is 5.82 Å². The Kier molecular flexibility index (Phi) is 5.62. The van der Waals surface area contributed by atoms with Gasteiger partial charge in [0.25, 0.3) is 5.91 Å². The molecule has 0 atom stereocenters. The summed E-state index contributed by atoms with van der Waals surface area (Å²) < 4.78 is 0. The molecule has 33 heavy (non-hydrogen) atoms. The van der Waals surface area contributed by atoms with Gasteiger partial charge in [0, 0.05) is 43.5 Å². The summed E-state index contributed by atoms with van der Waals surface area (Å²) in [6.45, 7) is 1.54. The van der Waals surface area contributed by atoms with Crippen LogP contribution < -0.4 is 15.5 Å². The minimum absolute atomic E-state index is 0.229. The van der Waals surface area contributed by atoms with Crippen LogP contribution >= 0.6 is 0 Å². The third-order valence-electron chi connectivity index (χ3n) is 5.93. The Bertz CT molecular complexity index is 1280. The number of nitrogens with one attached hydrogen (secondary N) is 3. The fourth-order valence-corrected chi connectivity index (χ4v) is 4.03. The number of anilines is 3. The second-order valence-corrected chi connectivity index (χ2v) is 8.12. The molecule has 9 nitrogen and oxygen atoms in total. The topological polar surface area (TPSA) is 119 Å². The number of nitrogens with zero attached hydrogens (tertiary/aromatic N) is 4. The molecule has 0 saturated carbocycles. The Labute approximate surface area is 190 Å². The standard InChI is InChI=1S/C24H25N7O2/c1-25-18-10-16(12-26-13-18)15-2-4-21-20(11-15)23(30-29-21)24(33)28-17-3-5-22(27-14-17)31-8-6-19(32)7-9-31/h2-5,10-14,19,25,32H,6-9H2,1H3,(H,28,33)(H,29,30). The number of pyridine rings is 2. The number of H-pyrrole nitrogens is 1. The fraction of sp³-hybridized carbons (Fsp3) is 0.250. The third kappa shape index (κ3) is 4.35. The average molecular weight is 444 g/mol. The lowest BCUT2D eigenvalue weighted by molar-refractivity contribution is 0.102. The van der Waals surface area contributed by atoms with Gasteiger partial charge in [0.05, 0.1) is 29.2 Å². The molecule has 0 aliphatic carbocycles. The zero-order valence-corrected chi connectivity index (χ0v) is 18.2. The maximum Gasteiger partial charge on any atom is 0.276 e. The van der Waals surface area contributed by atoms with Crippen molar-refractivity contribution in [2.75, 3.05) is 35.7 Å². The fourth-order valence-electron chi connectivity index (χ4n) is 4.03. The molecule has 0 unspecified atom stereocenters. The molecular formula is C24H25N7O2. The van der Waals surface area contributed by atoms with E-state index in [1.807, 2.05) is 43.4 Å². The van der Waals surface area contributed by atoms with Crippen molar-refractivity contribution in [1.29, 1.82) is 0 Å².